The Hall–Kier alpha value is -4.31. The molecule has 5 rings (SSSR count). The van der Waals surface area contributed by atoms with Gasteiger partial charge in [-0.1, -0.05) is 85.8 Å². The number of fused-ring (bicyclic) bond motifs is 1. The Bertz CT molecular complexity index is 1430. The minimum Gasteiger partial charge on any atom is -0.345 e. The summed E-state index contributed by atoms with van der Waals surface area (Å²) in [6, 6.07) is 32.0. The molecule has 0 saturated carbocycles. The van der Waals surface area contributed by atoms with Gasteiger partial charge in [-0.2, -0.15) is 0 Å². The highest BCUT2D eigenvalue weighted by atomic mass is 16.1. The molecule has 0 bridgehead atoms. The normalized spacial score (nSPS) is 11.8. The highest BCUT2D eigenvalue weighted by molar-refractivity contribution is 6.09. The first-order valence-electron chi connectivity index (χ1n) is 12.0. The highest BCUT2D eigenvalue weighted by Gasteiger charge is 2.23. The van der Waals surface area contributed by atoms with Crippen LogP contribution < -0.4 is 5.32 Å². The van der Waals surface area contributed by atoms with Gasteiger partial charge in [0.05, 0.1) is 22.8 Å². The summed E-state index contributed by atoms with van der Waals surface area (Å²) in [6.07, 6.45) is 4.95. The summed E-state index contributed by atoms with van der Waals surface area (Å²) in [4.78, 5) is 23.3. The average Bonchev–Trinajstić information content (AvgIpc) is 2.92. The van der Waals surface area contributed by atoms with Crippen molar-refractivity contribution in [3.63, 3.8) is 0 Å². The first kappa shape index (κ1) is 22.5. The smallest absolute Gasteiger partial charge is 0.252 e. The summed E-state index contributed by atoms with van der Waals surface area (Å²) >= 11 is 0. The summed E-state index contributed by atoms with van der Waals surface area (Å²) in [5.74, 6) is -0.0828. The average molecular weight is 458 g/mol. The van der Waals surface area contributed by atoms with E-state index >= 15 is 0 Å². The topological polar surface area (TPSA) is 54.9 Å². The summed E-state index contributed by atoms with van der Waals surface area (Å²) in [5.41, 5.74) is 6.41. The predicted octanol–water partition coefficient (Wildman–Crippen LogP) is 6.77. The molecule has 0 radical (unpaired) electrons. The van der Waals surface area contributed by atoms with E-state index in [1.165, 1.54) is 0 Å². The van der Waals surface area contributed by atoms with Crippen LogP contribution in [0, 0.1) is 0 Å². The van der Waals surface area contributed by atoms with Crippen molar-refractivity contribution in [2.75, 3.05) is 0 Å². The fourth-order valence-electron chi connectivity index (χ4n) is 4.56. The van der Waals surface area contributed by atoms with Gasteiger partial charge in [-0.05, 0) is 41.3 Å². The van der Waals surface area contributed by atoms with Crippen LogP contribution in [0.25, 0.3) is 22.2 Å². The standard InChI is InChI=1S/C31H27N3O/c1-2-27(23-11-5-3-6-12-23)34-31(35)29-25-15-9-10-16-28(25)33-30(24-13-7-4-8-14-24)26(29)21-22-17-19-32-20-18-22/h3-20,27H,2,21H2,1H3,(H,34,35)/t27-/m0/s1. The number of benzene rings is 3. The van der Waals surface area contributed by atoms with Gasteiger partial charge in [-0.3, -0.25) is 9.78 Å². The van der Waals surface area contributed by atoms with Crippen molar-refractivity contribution < 1.29 is 4.79 Å². The Kier molecular flexibility index (Phi) is 6.62. The van der Waals surface area contributed by atoms with Gasteiger partial charge in [0.2, 0.25) is 0 Å². The number of rotatable bonds is 7. The van der Waals surface area contributed by atoms with Crippen molar-refractivity contribution in [3.8, 4) is 11.3 Å². The minimum absolute atomic E-state index is 0.0791. The highest BCUT2D eigenvalue weighted by Crippen LogP contribution is 2.32. The number of nitrogens with one attached hydrogen (secondary N) is 1. The van der Waals surface area contributed by atoms with Gasteiger partial charge in [0.25, 0.3) is 5.91 Å². The van der Waals surface area contributed by atoms with E-state index in [1.54, 1.807) is 12.4 Å². The molecule has 0 spiro atoms. The van der Waals surface area contributed by atoms with E-state index in [2.05, 4.69) is 29.4 Å². The van der Waals surface area contributed by atoms with Crippen LogP contribution in [0.5, 0.6) is 0 Å². The van der Waals surface area contributed by atoms with Crippen LogP contribution in [0.4, 0.5) is 0 Å². The van der Waals surface area contributed by atoms with Crippen LogP contribution in [0.1, 0.15) is 46.4 Å². The molecule has 1 amide bonds. The Morgan fingerprint density at radius 1 is 0.829 bits per heavy atom. The van der Waals surface area contributed by atoms with E-state index in [-0.39, 0.29) is 11.9 Å². The molecule has 0 aliphatic heterocycles. The number of nitrogens with zero attached hydrogens (tertiary/aromatic N) is 2. The minimum atomic E-state index is -0.0828. The number of amides is 1. The first-order valence-corrected chi connectivity index (χ1v) is 12.0. The Morgan fingerprint density at radius 2 is 1.49 bits per heavy atom. The van der Waals surface area contributed by atoms with Crippen LogP contribution >= 0.6 is 0 Å². The molecule has 4 heteroatoms. The molecule has 1 atom stereocenters. The van der Waals surface area contributed by atoms with E-state index in [9.17, 15) is 4.79 Å². The van der Waals surface area contributed by atoms with Gasteiger partial charge in [0, 0.05) is 29.8 Å². The number of para-hydroxylation sites is 1. The van der Waals surface area contributed by atoms with Crippen molar-refractivity contribution in [2.24, 2.45) is 0 Å². The lowest BCUT2D eigenvalue weighted by Gasteiger charge is -2.21. The lowest BCUT2D eigenvalue weighted by Crippen LogP contribution is -2.29. The summed E-state index contributed by atoms with van der Waals surface area (Å²) in [6.45, 7) is 2.09. The maximum atomic E-state index is 14.0. The van der Waals surface area contributed by atoms with Gasteiger partial charge in [0.1, 0.15) is 0 Å². The lowest BCUT2D eigenvalue weighted by atomic mass is 9.91. The molecule has 5 aromatic rings. The van der Waals surface area contributed by atoms with Crippen molar-refractivity contribution in [3.05, 3.63) is 132 Å². The van der Waals surface area contributed by atoms with Gasteiger partial charge < -0.3 is 5.32 Å². The molecule has 0 aliphatic carbocycles. The molecule has 172 valence electrons. The van der Waals surface area contributed by atoms with Crippen LogP contribution in [0.2, 0.25) is 0 Å². The van der Waals surface area contributed by atoms with Crippen LogP contribution in [0.15, 0.2) is 109 Å². The van der Waals surface area contributed by atoms with Gasteiger partial charge in [-0.25, -0.2) is 4.98 Å². The maximum Gasteiger partial charge on any atom is 0.252 e. The second kappa shape index (κ2) is 10.3. The molecule has 0 saturated heterocycles. The van der Waals surface area contributed by atoms with Crippen molar-refractivity contribution in [1.82, 2.24) is 15.3 Å². The van der Waals surface area contributed by atoms with Crippen LogP contribution in [-0.2, 0) is 6.42 Å². The largest absolute Gasteiger partial charge is 0.345 e. The molecule has 2 aromatic heterocycles. The van der Waals surface area contributed by atoms with Crippen LogP contribution in [0.3, 0.4) is 0 Å². The lowest BCUT2D eigenvalue weighted by molar-refractivity contribution is 0.0936. The molecule has 0 aliphatic rings. The fraction of sp³-hybridized carbons (Fsp3) is 0.129. The molecule has 1 N–H and O–H groups in total. The first-order chi connectivity index (χ1) is 17.2. The summed E-state index contributed by atoms with van der Waals surface area (Å²) in [7, 11) is 0. The third-order valence-corrected chi connectivity index (χ3v) is 6.31. The van der Waals surface area contributed by atoms with Gasteiger partial charge in [0.15, 0.2) is 0 Å². The van der Waals surface area contributed by atoms with Crippen LogP contribution in [-0.4, -0.2) is 15.9 Å². The molecular formula is C31H27N3O. The second-order valence-corrected chi connectivity index (χ2v) is 8.57. The van der Waals surface area contributed by atoms with Gasteiger partial charge in [-0.15, -0.1) is 0 Å². The molecule has 3 aromatic carbocycles. The van der Waals surface area contributed by atoms with E-state index in [0.717, 1.165) is 45.3 Å². The van der Waals surface area contributed by atoms with Crippen molar-refractivity contribution >= 4 is 16.8 Å². The monoisotopic (exact) mass is 457 g/mol. The zero-order chi connectivity index (χ0) is 24.0. The number of aromatic nitrogens is 2. The van der Waals surface area contributed by atoms with E-state index < -0.39 is 0 Å². The molecule has 2 heterocycles. The number of carbonyl (C=O) groups excluding carboxylic acids is 1. The summed E-state index contributed by atoms with van der Waals surface area (Å²) < 4.78 is 0. The molecule has 4 nitrogen and oxygen atoms in total. The Morgan fingerprint density at radius 3 is 2.20 bits per heavy atom. The predicted molar refractivity (Wildman–Crippen MR) is 141 cm³/mol. The fourth-order valence-corrected chi connectivity index (χ4v) is 4.56. The quantitative estimate of drug-likeness (QED) is 0.293. The Balaban J connectivity index is 1.70. The number of hydrogen-bond donors (Lipinski definition) is 1. The SMILES string of the molecule is CC[C@H](NC(=O)c1c(Cc2ccncc2)c(-c2ccccc2)nc2ccccc12)c1ccccc1. The molecule has 0 unspecified atom stereocenters. The van der Waals surface area contributed by atoms with Crippen molar-refractivity contribution in [1.29, 1.82) is 0 Å². The van der Waals surface area contributed by atoms with E-state index in [0.29, 0.717) is 12.0 Å². The van der Waals surface area contributed by atoms with E-state index in [4.69, 9.17) is 4.98 Å². The van der Waals surface area contributed by atoms with E-state index in [1.807, 2.05) is 84.9 Å². The van der Waals surface area contributed by atoms with Gasteiger partial charge >= 0.3 is 0 Å². The number of pyridine rings is 2. The zero-order valence-electron chi connectivity index (χ0n) is 19.7. The number of hydrogen-bond acceptors (Lipinski definition) is 3. The third-order valence-electron chi connectivity index (χ3n) is 6.31. The molecule has 0 fully saturated rings. The molecule has 35 heavy (non-hydrogen) atoms. The molecular weight excluding hydrogens is 430 g/mol. The Labute approximate surface area is 205 Å². The van der Waals surface area contributed by atoms with Crippen molar-refractivity contribution in [2.45, 2.75) is 25.8 Å². The second-order valence-electron chi connectivity index (χ2n) is 8.57. The zero-order valence-corrected chi connectivity index (χ0v) is 19.7. The summed E-state index contributed by atoms with van der Waals surface area (Å²) in [5, 5.41) is 4.18. The number of carbonyl (C=O) groups is 1. The third kappa shape index (κ3) is 4.82. The maximum absolute atomic E-state index is 14.0.